The van der Waals surface area contributed by atoms with Crippen LogP contribution in [0.1, 0.15) is 29.8 Å². The van der Waals surface area contributed by atoms with E-state index in [9.17, 15) is 4.79 Å². The first-order valence-corrected chi connectivity index (χ1v) is 6.75. The fraction of sp³-hybridized carbons (Fsp3) is 0.235. The van der Waals surface area contributed by atoms with Crippen molar-refractivity contribution in [3.05, 3.63) is 59.7 Å². The number of rotatable bonds is 5. The molecule has 2 aromatic rings. The van der Waals surface area contributed by atoms with E-state index >= 15 is 0 Å². The lowest BCUT2D eigenvalue weighted by molar-refractivity contribution is 0.0818. The highest BCUT2D eigenvalue weighted by atomic mass is 16.5. The summed E-state index contributed by atoms with van der Waals surface area (Å²) in [6, 6.07) is 14.7. The molecule has 1 atom stereocenters. The third kappa shape index (κ3) is 3.38. The number of benzene rings is 2. The Kier molecular flexibility index (Phi) is 4.41. The zero-order valence-electron chi connectivity index (χ0n) is 11.8. The van der Waals surface area contributed by atoms with Crippen LogP contribution in [0.2, 0.25) is 0 Å². The predicted molar refractivity (Wildman–Crippen MR) is 81.1 cm³/mol. The van der Waals surface area contributed by atoms with Gasteiger partial charge in [0.1, 0.15) is 5.75 Å². The van der Waals surface area contributed by atoms with Crippen molar-refractivity contribution in [2.24, 2.45) is 0 Å². The maximum atomic E-state index is 12.3. The molecule has 2 rings (SSSR count). The maximum Gasteiger partial charge on any atom is 0.202 e. The molecular weight excluding hydrogens is 250 g/mol. The molecule has 0 radical (unpaired) electrons. The first-order chi connectivity index (χ1) is 9.60. The van der Waals surface area contributed by atoms with Crippen molar-refractivity contribution in [3.63, 3.8) is 0 Å². The van der Waals surface area contributed by atoms with Crippen LogP contribution in [0.15, 0.2) is 48.5 Å². The molecule has 0 aliphatic rings. The van der Waals surface area contributed by atoms with Crippen LogP contribution in [0, 0.1) is 0 Å². The van der Waals surface area contributed by atoms with Crippen LogP contribution >= 0.6 is 0 Å². The summed E-state index contributed by atoms with van der Waals surface area (Å²) in [6.45, 7) is 3.83. The molecule has 3 heteroatoms. The number of hydrogen-bond acceptors (Lipinski definition) is 3. The average Bonchev–Trinajstić information content (AvgIpc) is 2.46. The number of Topliss-reactive ketones (excluding diaryl/α,β-unsaturated/α-hetero) is 1. The first kappa shape index (κ1) is 14.1. The molecule has 0 aromatic heterocycles. The molecular formula is C17H19NO2. The summed E-state index contributed by atoms with van der Waals surface area (Å²) in [5.41, 5.74) is 8.19. The summed E-state index contributed by atoms with van der Waals surface area (Å²) in [7, 11) is 0. The van der Waals surface area contributed by atoms with Gasteiger partial charge in [-0.15, -0.1) is 0 Å². The lowest BCUT2D eigenvalue weighted by Crippen LogP contribution is -2.23. The molecule has 0 fully saturated rings. The second-order valence-electron chi connectivity index (χ2n) is 4.75. The van der Waals surface area contributed by atoms with Gasteiger partial charge in [-0.25, -0.2) is 0 Å². The van der Waals surface area contributed by atoms with E-state index in [4.69, 9.17) is 10.5 Å². The minimum absolute atomic E-state index is 0.0323. The molecule has 2 N–H and O–H groups in total. The SMILES string of the molecule is CCc1ccc(C(=O)C(C)Oc2cccc(N)c2)cc1. The second-order valence-corrected chi connectivity index (χ2v) is 4.75. The highest BCUT2D eigenvalue weighted by Gasteiger charge is 2.16. The van der Waals surface area contributed by atoms with Gasteiger partial charge in [-0.1, -0.05) is 37.3 Å². The number of ether oxygens (including phenoxy) is 1. The van der Waals surface area contributed by atoms with E-state index in [0.29, 0.717) is 17.0 Å². The highest BCUT2D eigenvalue weighted by Crippen LogP contribution is 2.17. The van der Waals surface area contributed by atoms with Crippen molar-refractivity contribution in [2.45, 2.75) is 26.4 Å². The van der Waals surface area contributed by atoms with Gasteiger partial charge in [-0.05, 0) is 31.0 Å². The van der Waals surface area contributed by atoms with E-state index in [1.165, 1.54) is 5.56 Å². The zero-order valence-corrected chi connectivity index (χ0v) is 11.8. The summed E-state index contributed by atoms with van der Waals surface area (Å²) < 4.78 is 5.64. The lowest BCUT2D eigenvalue weighted by Gasteiger charge is -2.14. The van der Waals surface area contributed by atoms with Crippen molar-refractivity contribution in [3.8, 4) is 5.75 Å². The minimum atomic E-state index is -0.538. The zero-order chi connectivity index (χ0) is 14.5. The van der Waals surface area contributed by atoms with Crippen molar-refractivity contribution >= 4 is 11.5 Å². The number of nitrogens with two attached hydrogens (primary N) is 1. The van der Waals surface area contributed by atoms with Crippen LogP contribution in [-0.4, -0.2) is 11.9 Å². The number of nitrogen functional groups attached to an aromatic ring is 1. The van der Waals surface area contributed by atoms with Gasteiger partial charge < -0.3 is 10.5 Å². The highest BCUT2D eigenvalue weighted by molar-refractivity contribution is 5.99. The Morgan fingerprint density at radius 2 is 1.90 bits per heavy atom. The molecule has 0 bridgehead atoms. The van der Waals surface area contributed by atoms with Crippen molar-refractivity contribution < 1.29 is 9.53 Å². The van der Waals surface area contributed by atoms with Crippen molar-refractivity contribution in [1.82, 2.24) is 0 Å². The van der Waals surface area contributed by atoms with Crippen LogP contribution in [-0.2, 0) is 6.42 Å². The standard InChI is InChI=1S/C17H19NO2/c1-3-13-7-9-14(10-8-13)17(19)12(2)20-16-6-4-5-15(18)11-16/h4-12H,3,18H2,1-2H3. The predicted octanol–water partition coefficient (Wildman–Crippen LogP) is 3.48. The van der Waals surface area contributed by atoms with Gasteiger partial charge >= 0.3 is 0 Å². The molecule has 20 heavy (non-hydrogen) atoms. The quantitative estimate of drug-likeness (QED) is 0.668. The summed E-state index contributed by atoms with van der Waals surface area (Å²) in [6.07, 6.45) is 0.424. The van der Waals surface area contributed by atoms with E-state index in [2.05, 4.69) is 6.92 Å². The molecule has 1 unspecified atom stereocenters. The molecule has 104 valence electrons. The Hall–Kier alpha value is -2.29. The van der Waals surface area contributed by atoms with E-state index in [1.807, 2.05) is 24.3 Å². The summed E-state index contributed by atoms with van der Waals surface area (Å²) in [5.74, 6) is 0.575. The molecule has 0 aliphatic heterocycles. The van der Waals surface area contributed by atoms with Crippen LogP contribution < -0.4 is 10.5 Å². The number of carbonyl (C=O) groups is 1. The second kappa shape index (κ2) is 6.24. The maximum absolute atomic E-state index is 12.3. The average molecular weight is 269 g/mol. The van der Waals surface area contributed by atoms with Gasteiger partial charge in [-0.3, -0.25) is 4.79 Å². The molecule has 0 saturated heterocycles. The van der Waals surface area contributed by atoms with Crippen molar-refractivity contribution in [2.75, 3.05) is 5.73 Å². The molecule has 0 saturated carbocycles. The van der Waals surface area contributed by atoms with Gasteiger partial charge in [0.25, 0.3) is 0 Å². The molecule has 0 spiro atoms. The molecule has 0 aliphatic carbocycles. The van der Waals surface area contributed by atoms with Crippen LogP contribution in [0.25, 0.3) is 0 Å². The lowest BCUT2D eigenvalue weighted by atomic mass is 10.0. The topological polar surface area (TPSA) is 52.3 Å². The molecule has 0 amide bonds. The van der Waals surface area contributed by atoms with Crippen LogP contribution in [0.4, 0.5) is 5.69 Å². The van der Waals surface area contributed by atoms with Crippen LogP contribution in [0.3, 0.4) is 0 Å². The van der Waals surface area contributed by atoms with Gasteiger partial charge in [0.15, 0.2) is 6.10 Å². The monoisotopic (exact) mass is 269 g/mol. The Morgan fingerprint density at radius 1 is 1.20 bits per heavy atom. The third-order valence-electron chi connectivity index (χ3n) is 3.19. The summed E-state index contributed by atoms with van der Waals surface area (Å²) >= 11 is 0. The minimum Gasteiger partial charge on any atom is -0.482 e. The number of aryl methyl sites for hydroxylation is 1. The molecule has 2 aromatic carbocycles. The first-order valence-electron chi connectivity index (χ1n) is 6.75. The Balaban J connectivity index is 2.07. The Morgan fingerprint density at radius 3 is 2.50 bits per heavy atom. The Bertz CT molecular complexity index is 590. The fourth-order valence-corrected chi connectivity index (χ4v) is 1.98. The number of ketones is 1. The Labute approximate surface area is 119 Å². The molecule has 0 heterocycles. The normalized spacial score (nSPS) is 11.9. The van der Waals surface area contributed by atoms with E-state index in [-0.39, 0.29) is 5.78 Å². The number of hydrogen-bond donors (Lipinski definition) is 1. The van der Waals surface area contributed by atoms with Gasteiger partial charge in [0.05, 0.1) is 0 Å². The van der Waals surface area contributed by atoms with E-state index in [0.717, 1.165) is 6.42 Å². The van der Waals surface area contributed by atoms with Gasteiger partial charge in [0.2, 0.25) is 5.78 Å². The largest absolute Gasteiger partial charge is 0.482 e. The summed E-state index contributed by atoms with van der Waals surface area (Å²) in [4.78, 5) is 12.3. The van der Waals surface area contributed by atoms with E-state index in [1.54, 1.807) is 31.2 Å². The third-order valence-corrected chi connectivity index (χ3v) is 3.19. The fourth-order valence-electron chi connectivity index (χ4n) is 1.98. The van der Waals surface area contributed by atoms with Gasteiger partial charge in [0, 0.05) is 17.3 Å². The number of carbonyl (C=O) groups excluding carboxylic acids is 1. The van der Waals surface area contributed by atoms with Crippen LogP contribution in [0.5, 0.6) is 5.75 Å². The van der Waals surface area contributed by atoms with Gasteiger partial charge in [-0.2, -0.15) is 0 Å². The number of anilines is 1. The van der Waals surface area contributed by atoms with E-state index < -0.39 is 6.10 Å². The molecule has 3 nitrogen and oxygen atoms in total. The van der Waals surface area contributed by atoms with Crippen molar-refractivity contribution in [1.29, 1.82) is 0 Å². The summed E-state index contributed by atoms with van der Waals surface area (Å²) in [5, 5.41) is 0. The smallest absolute Gasteiger partial charge is 0.202 e.